The molecular weight excluding hydrogens is 208 g/mol. The summed E-state index contributed by atoms with van der Waals surface area (Å²) in [7, 11) is 0. The lowest BCUT2D eigenvalue weighted by Gasteiger charge is -2.26. The molecule has 0 spiro atoms. The molecule has 0 aliphatic heterocycles. The van der Waals surface area contributed by atoms with Crippen molar-refractivity contribution in [3.63, 3.8) is 0 Å². The fourth-order valence-electron chi connectivity index (χ4n) is 2.63. The van der Waals surface area contributed by atoms with Gasteiger partial charge in [0, 0.05) is 5.56 Å². The number of nitrogens with two attached hydrogens (primary N) is 1. The third-order valence-electron chi connectivity index (χ3n) is 3.72. The minimum absolute atomic E-state index is 0.439. The van der Waals surface area contributed by atoms with Crippen molar-refractivity contribution >= 4 is 5.84 Å². The lowest BCUT2D eigenvalue weighted by molar-refractivity contribution is 0.316. The summed E-state index contributed by atoms with van der Waals surface area (Å²) >= 11 is 0. The van der Waals surface area contributed by atoms with Crippen LogP contribution in [0.3, 0.4) is 0 Å². The van der Waals surface area contributed by atoms with Gasteiger partial charge in [0.2, 0.25) is 0 Å². The van der Waals surface area contributed by atoms with Crippen LogP contribution in [0.4, 0.5) is 0 Å². The standard InChI is InChI=1S/C15H22N2/c1-2-12-7-6-10-14(11-12)17-15(16)13-8-4-3-5-9-13/h3-5,8-9,12,14H,2,6-7,10-11H2,1H3,(H2,16,17). The summed E-state index contributed by atoms with van der Waals surface area (Å²) in [6.45, 7) is 2.28. The topological polar surface area (TPSA) is 38.4 Å². The molecule has 0 bridgehead atoms. The van der Waals surface area contributed by atoms with Crippen LogP contribution in [0.2, 0.25) is 0 Å². The number of hydrogen-bond donors (Lipinski definition) is 1. The molecule has 2 heteroatoms. The first-order valence-electron chi connectivity index (χ1n) is 6.68. The molecule has 2 unspecified atom stereocenters. The molecule has 92 valence electrons. The van der Waals surface area contributed by atoms with Crippen molar-refractivity contribution in [3.8, 4) is 0 Å². The molecule has 2 N–H and O–H groups in total. The summed E-state index contributed by atoms with van der Waals surface area (Å²) in [6.07, 6.45) is 6.35. The van der Waals surface area contributed by atoms with Crippen molar-refractivity contribution < 1.29 is 0 Å². The van der Waals surface area contributed by atoms with Crippen molar-refractivity contribution in [2.45, 2.75) is 45.1 Å². The highest BCUT2D eigenvalue weighted by molar-refractivity contribution is 5.97. The predicted octanol–water partition coefficient (Wildman–Crippen LogP) is 3.36. The first-order valence-corrected chi connectivity index (χ1v) is 6.68. The normalized spacial score (nSPS) is 25.8. The Morgan fingerprint density at radius 2 is 2.06 bits per heavy atom. The number of benzene rings is 1. The Balaban J connectivity index is 2.03. The monoisotopic (exact) mass is 230 g/mol. The van der Waals surface area contributed by atoms with E-state index in [1.165, 1.54) is 32.1 Å². The number of amidine groups is 1. The smallest absolute Gasteiger partial charge is 0.125 e. The SMILES string of the molecule is CCC1CCCC(N=C(N)c2ccccc2)C1. The van der Waals surface area contributed by atoms with Gasteiger partial charge < -0.3 is 5.73 Å². The molecule has 1 saturated carbocycles. The fourth-order valence-corrected chi connectivity index (χ4v) is 2.63. The molecule has 1 aromatic rings. The highest BCUT2D eigenvalue weighted by Crippen LogP contribution is 2.28. The van der Waals surface area contributed by atoms with E-state index in [9.17, 15) is 0 Å². The summed E-state index contributed by atoms with van der Waals surface area (Å²) in [6, 6.07) is 10.5. The molecular formula is C15H22N2. The van der Waals surface area contributed by atoms with E-state index >= 15 is 0 Å². The molecule has 0 amide bonds. The van der Waals surface area contributed by atoms with Crippen molar-refractivity contribution in [1.82, 2.24) is 0 Å². The second-order valence-electron chi connectivity index (χ2n) is 4.98. The Bertz CT molecular complexity index is 370. The van der Waals surface area contributed by atoms with Crippen LogP contribution in [0.25, 0.3) is 0 Å². The molecule has 2 rings (SSSR count). The maximum atomic E-state index is 6.06. The van der Waals surface area contributed by atoms with Crippen molar-refractivity contribution in [3.05, 3.63) is 35.9 Å². The van der Waals surface area contributed by atoms with Gasteiger partial charge in [-0.2, -0.15) is 0 Å². The van der Waals surface area contributed by atoms with Crippen LogP contribution in [0, 0.1) is 5.92 Å². The molecule has 2 nitrogen and oxygen atoms in total. The zero-order valence-corrected chi connectivity index (χ0v) is 10.6. The van der Waals surface area contributed by atoms with Crippen molar-refractivity contribution in [2.24, 2.45) is 16.6 Å². The van der Waals surface area contributed by atoms with Gasteiger partial charge in [0.05, 0.1) is 6.04 Å². The van der Waals surface area contributed by atoms with Crippen LogP contribution in [0.15, 0.2) is 35.3 Å². The van der Waals surface area contributed by atoms with E-state index in [2.05, 4.69) is 6.92 Å². The van der Waals surface area contributed by atoms with Crippen LogP contribution in [-0.4, -0.2) is 11.9 Å². The molecule has 2 atom stereocenters. The molecule has 1 aliphatic rings. The Morgan fingerprint density at radius 3 is 2.76 bits per heavy atom. The van der Waals surface area contributed by atoms with Gasteiger partial charge in [-0.25, -0.2) is 0 Å². The number of nitrogens with zero attached hydrogens (tertiary/aromatic N) is 1. The second-order valence-corrected chi connectivity index (χ2v) is 4.98. The largest absolute Gasteiger partial charge is 0.383 e. The van der Waals surface area contributed by atoms with Crippen LogP contribution in [-0.2, 0) is 0 Å². The number of aliphatic imine (C=N–C) groups is 1. The third kappa shape index (κ3) is 3.32. The Morgan fingerprint density at radius 1 is 1.29 bits per heavy atom. The van der Waals surface area contributed by atoms with Crippen LogP contribution in [0.1, 0.15) is 44.6 Å². The second kappa shape index (κ2) is 5.85. The maximum Gasteiger partial charge on any atom is 0.125 e. The van der Waals surface area contributed by atoms with E-state index in [0.29, 0.717) is 11.9 Å². The van der Waals surface area contributed by atoms with Crippen molar-refractivity contribution in [1.29, 1.82) is 0 Å². The summed E-state index contributed by atoms with van der Waals surface area (Å²) in [4.78, 5) is 4.70. The Labute approximate surface area is 104 Å². The first-order chi connectivity index (χ1) is 8.29. The lowest BCUT2D eigenvalue weighted by atomic mass is 9.84. The summed E-state index contributed by atoms with van der Waals surface area (Å²) in [5, 5.41) is 0. The Hall–Kier alpha value is -1.31. The van der Waals surface area contributed by atoms with Gasteiger partial charge in [0.15, 0.2) is 0 Å². The average molecular weight is 230 g/mol. The molecule has 1 aromatic carbocycles. The van der Waals surface area contributed by atoms with Gasteiger partial charge in [-0.3, -0.25) is 4.99 Å². The van der Waals surface area contributed by atoms with E-state index in [4.69, 9.17) is 10.7 Å². The van der Waals surface area contributed by atoms with Crippen molar-refractivity contribution in [2.75, 3.05) is 0 Å². The molecule has 0 heterocycles. The summed E-state index contributed by atoms with van der Waals surface area (Å²) in [5.41, 5.74) is 7.11. The summed E-state index contributed by atoms with van der Waals surface area (Å²) in [5.74, 6) is 1.55. The molecule has 1 fully saturated rings. The Kier molecular flexibility index (Phi) is 4.18. The van der Waals surface area contributed by atoms with E-state index in [0.717, 1.165) is 11.5 Å². The van der Waals surface area contributed by atoms with Gasteiger partial charge in [0.1, 0.15) is 5.84 Å². The first kappa shape index (κ1) is 12.2. The zero-order valence-electron chi connectivity index (χ0n) is 10.6. The number of rotatable bonds is 3. The molecule has 0 saturated heterocycles. The van der Waals surface area contributed by atoms with Gasteiger partial charge >= 0.3 is 0 Å². The zero-order chi connectivity index (χ0) is 12.1. The third-order valence-corrected chi connectivity index (χ3v) is 3.72. The highest BCUT2D eigenvalue weighted by atomic mass is 14.9. The lowest BCUT2D eigenvalue weighted by Crippen LogP contribution is -2.23. The quantitative estimate of drug-likeness (QED) is 0.627. The fraction of sp³-hybridized carbons (Fsp3) is 0.533. The maximum absolute atomic E-state index is 6.06. The highest BCUT2D eigenvalue weighted by Gasteiger charge is 2.20. The van der Waals surface area contributed by atoms with E-state index < -0.39 is 0 Å². The van der Waals surface area contributed by atoms with E-state index in [1.807, 2.05) is 30.3 Å². The molecule has 0 aromatic heterocycles. The van der Waals surface area contributed by atoms with Crippen LogP contribution >= 0.6 is 0 Å². The van der Waals surface area contributed by atoms with Gasteiger partial charge in [-0.15, -0.1) is 0 Å². The summed E-state index contributed by atoms with van der Waals surface area (Å²) < 4.78 is 0. The van der Waals surface area contributed by atoms with E-state index in [-0.39, 0.29) is 0 Å². The van der Waals surface area contributed by atoms with Crippen LogP contribution in [0.5, 0.6) is 0 Å². The minimum atomic E-state index is 0.439. The van der Waals surface area contributed by atoms with E-state index in [1.54, 1.807) is 0 Å². The molecule has 1 aliphatic carbocycles. The van der Waals surface area contributed by atoms with Gasteiger partial charge in [0.25, 0.3) is 0 Å². The number of hydrogen-bond acceptors (Lipinski definition) is 1. The predicted molar refractivity (Wildman–Crippen MR) is 73.2 cm³/mol. The minimum Gasteiger partial charge on any atom is -0.383 e. The molecule has 17 heavy (non-hydrogen) atoms. The van der Waals surface area contributed by atoms with Gasteiger partial charge in [-0.05, 0) is 18.8 Å². The van der Waals surface area contributed by atoms with Crippen LogP contribution < -0.4 is 5.73 Å². The average Bonchev–Trinajstić information content (AvgIpc) is 2.40. The molecule has 0 radical (unpaired) electrons. The van der Waals surface area contributed by atoms with Gasteiger partial charge in [-0.1, -0.05) is 56.5 Å².